The number of carbonyl (C=O) groups is 1. The Morgan fingerprint density at radius 1 is 1.20 bits per heavy atom. The molecule has 2 aromatic carbocycles. The number of carbonyl (C=O) groups excluding carboxylic acids is 1. The Labute approximate surface area is 144 Å². The lowest BCUT2D eigenvalue weighted by atomic mass is 10.0. The van der Waals surface area contributed by atoms with Crippen LogP contribution in [0.15, 0.2) is 48.5 Å². The van der Waals surface area contributed by atoms with Gasteiger partial charge < -0.3 is 10.2 Å². The highest BCUT2D eigenvalue weighted by molar-refractivity contribution is 6.04. The van der Waals surface area contributed by atoms with E-state index in [0.29, 0.717) is 12.2 Å². The maximum absolute atomic E-state index is 13.0. The van der Waals surface area contributed by atoms with Gasteiger partial charge in [-0.2, -0.15) is 5.10 Å². The number of rotatable bonds is 3. The number of para-hydroxylation sites is 1. The summed E-state index contributed by atoms with van der Waals surface area (Å²) in [6.45, 7) is 1.33. The van der Waals surface area contributed by atoms with Crippen molar-refractivity contribution in [2.75, 3.05) is 18.4 Å². The Balaban J connectivity index is 1.49. The summed E-state index contributed by atoms with van der Waals surface area (Å²) in [5.41, 5.74) is 2.20. The molecule has 0 aliphatic carbocycles. The van der Waals surface area contributed by atoms with Gasteiger partial charge in [0.2, 0.25) is 0 Å². The van der Waals surface area contributed by atoms with Crippen LogP contribution in [0.4, 0.5) is 10.1 Å². The van der Waals surface area contributed by atoms with Gasteiger partial charge in [-0.3, -0.25) is 9.89 Å². The third kappa shape index (κ3) is 3.20. The number of fused-ring (bicyclic) bond motifs is 1. The molecular formula is C19H19FN4O. The molecule has 0 spiro atoms. The van der Waals surface area contributed by atoms with Crippen LogP contribution >= 0.6 is 0 Å². The van der Waals surface area contributed by atoms with Gasteiger partial charge >= 0.3 is 0 Å². The number of nitrogens with one attached hydrogen (secondary N) is 2. The molecule has 0 saturated carbocycles. The summed E-state index contributed by atoms with van der Waals surface area (Å²) < 4.78 is 13.0. The molecule has 4 rings (SSSR count). The highest BCUT2D eigenvalue weighted by Crippen LogP contribution is 2.21. The number of H-pyrrole nitrogens is 1. The number of benzene rings is 2. The first kappa shape index (κ1) is 15.6. The summed E-state index contributed by atoms with van der Waals surface area (Å²) in [7, 11) is 0. The molecule has 128 valence electrons. The molecule has 1 saturated heterocycles. The highest BCUT2D eigenvalue weighted by atomic mass is 19.1. The Morgan fingerprint density at radius 2 is 2.00 bits per heavy atom. The predicted octanol–water partition coefficient (Wildman–Crippen LogP) is 3.42. The summed E-state index contributed by atoms with van der Waals surface area (Å²) in [6.07, 6.45) is 1.90. The number of hydrogen-bond acceptors (Lipinski definition) is 3. The fraction of sp³-hybridized carbons (Fsp3) is 0.263. The molecule has 2 N–H and O–H groups in total. The second kappa shape index (κ2) is 6.55. The van der Waals surface area contributed by atoms with Gasteiger partial charge in [0, 0.05) is 30.2 Å². The number of hydrogen-bond donors (Lipinski definition) is 2. The molecule has 0 bridgehead atoms. The van der Waals surface area contributed by atoms with Crippen molar-refractivity contribution < 1.29 is 9.18 Å². The Kier molecular flexibility index (Phi) is 4.09. The largest absolute Gasteiger partial charge is 0.381 e. The number of amides is 1. The zero-order valence-corrected chi connectivity index (χ0v) is 13.7. The van der Waals surface area contributed by atoms with Gasteiger partial charge in [0.05, 0.1) is 5.52 Å². The van der Waals surface area contributed by atoms with E-state index in [-0.39, 0.29) is 17.8 Å². The summed E-state index contributed by atoms with van der Waals surface area (Å²) in [6, 6.07) is 14.1. The molecule has 5 nitrogen and oxygen atoms in total. The first-order valence-corrected chi connectivity index (χ1v) is 8.45. The number of piperidine rings is 1. The lowest BCUT2D eigenvalue weighted by molar-refractivity contribution is 0.0711. The van der Waals surface area contributed by atoms with Crippen molar-refractivity contribution in [3.8, 4) is 0 Å². The highest BCUT2D eigenvalue weighted by Gasteiger charge is 2.26. The van der Waals surface area contributed by atoms with Gasteiger partial charge in [-0.1, -0.05) is 18.2 Å². The summed E-state index contributed by atoms with van der Waals surface area (Å²) >= 11 is 0. The van der Waals surface area contributed by atoms with Crippen molar-refractivity contribution in [2.45, 2.75) is 18.9 Å². The van der Waals surface area contributed by atoms with Gasteiger partial charge in [0.1, 0.15) is 5.82 Å². The smallest absolute Gasteiger partial charge is 0.275 e. The Morgan fingerprint density at radius 3 is 2.84 bits per heavy atom. The van der Waals surface area contributed by atoms with Gasteiger partial charge in [-0.15, -0.1) is 0 Å². The van der Waals surface area contributed by atoms with Crippen LogP contribution in [-0.4, -0.2) is 40.1 Å². The van der Waals surface area contributed by atoms with Crippen molar-refractivity contribution in [3.05, 3.63) is 60.0 Å². The normalized spacial score (nSPS) is 17.6. The van der Waals surface area contributed by atoms with Gasteiger partial charge in [0.25, 0.3) is 5.91 Å². The first-order valence-electron chi connectivity index (χ1n) is 8.45. The zero-order chi connectivity index (χ0) is 17.2. The van der Waals surface area contributed by atoms with Crippen molar-refractivity contribution >= 4 is 22.5 Å². The number of aromatic amines is 1. The van der Waals surface area contributed by atoms with Gasteiger partial charge in [-0.05, 0) is 43.2 Å². The summed E-state index contributed by atoms with van der Waals surface area (Å²) in [4.78, 5) is 14.7. The molecule has 6 heteroatoms. The molecule has 1 aliphatic heterocycles. The number of nitrogens with zero attached hydrogens (tertiary/aromatic N) is 2. The molecule has 2 heterocycles. The predicted molar refractivity (Wildman–Crippen MR) is 95.0 cm³/mol. The Hall–Kier alpha value is -2.89. The molecular weight excluding hydrogens is 319 g/mol. The van der Waals surface area contributed by atoms with Gasteiger partial charge in [-0.25, -0.2) is 4.39 Å². The standard InChI is InChI=1S/C19H19FN4O/c20-13-7-9-14(10-8-13)21-15-4-3-11-24(12-15)19(25)18-16-5-1-2-6-17(16)22-23-18/h1-2,5-10,15,21H,3-4,11-12H2,(H,22,23)/t15-/m1/s1. The molecule has 1 amide bonds. The van der Waals surface area contributed by atoms with Crippen molar-refractivity contribution in [3.63, 3.8) is 0 Å². The van der Waals surface area contributed by atoms with Crippen molar-refractivity contribution in [1.82, 2.24) is 15.1 Å². The quantitative estimate of drug-likeness (QED) is 0.769. The minimum atomic E-state index is -0.253. The minimum Gasteiger partial charge on any atom is -0.381 e. The van der Waals surface area contributed by atoms with Crippen LogP contribution in [0.5, 0.6) is 0 Å². The van der Waals surface area contributed by atoms with Crippen molar-refractivity contribution in [1.29, 1.82) is 0 Å². The molecule has 0 radical (unpaired) electrons. The summed E-state index contributed by atoms with van der Waals surface area (Å²) in [5, 5.41) is 11.4. The molecule has 1 fully saturated rings. The minimum absolute atomic E-state index is 0.0527. The third-order valence-corrected chi connectivity index (χ3v) is 4.60. The third-order valence-electron chi connectivity index (χ3n) is 4.60. The number of halogens is 1. The van der Waals surface area contributed by atoms with E-state index in [4.69, 9.17) is 0 Å². The number of likely N-dealkylation sites (tertiary alicyclic amines) is 1. The SMILES string of the molecule is O=C(c1n[nH]c2ccccc12)N1CCC[C@@H](Nc2ccc(F)cc2)C1. The van der Waals surface area contributed by atoms with Crippen LogP contribution in [0, 0.1) is 5.82 Å². The average molecular weight is 338 g/mol. The van der Waals surface area contributed by atoms with E-state index in [1.165, 1.54) is 12.1 Å². The van der Waals surface area contributed by atoms with Crippen LogP contribution in [0.2, 0.25) is 0 Å². The van der Waals surface area contributed by atoms with E-state index < -0.39 is 0 Å². The van der Waals surface area contributed by atoms with Crippen LogP contribution in [0.25, 0.3) is 10.9 Å². The molecule has 1 aliphatic rings. The second-order valence-corrected chi connectivity index (χ2v) is 6.36. The molecule has 1 aromatic heterocycles. The van der Waals surface area contributed by atoms with E-state index >= 15 is 0 Å². The summed E-state index contributed by atoms with van der Waals surface area (Å²) in [5.74, 6) is -0.306. The topological polar surface area (TPSA) is 61.0 Å². The van der Waals surface area contributed by atoms with Crippen LogP contribution in [0.1, 0.15) is 23.3 Å². The van der Waals surface area contributed by atoms with E-state index in [1.54, 1.807) is 12.1 Å². The van der Waals surface area contributed by atoms with Crippen LogP contribution in [-0.2, 0) is 0 Å². The molecule has 1 atom stereocenters. The maximum Gasteiger partial charge on any atom is 0.275 e. The van der Waals surface area contributed by atoms with Crippen molar-refractivity contribution in [2.24, 2.45) is 0 Å². The van der Waals surface area contributed by atoms with E-state index in [2.05, 4.69) is 15.5 Å². The Bertz CT molecular complexity index is 890. The average Bonchev–Trinajstić information content (AvgIpc) is 3.07. The maximum atomic E-state index is 13.0. The fourth-order valence-electron chi connectivity index (χ4n) is 3.34. The van der Waals surface area contributed by atoms with Crippen LogP contribution in [0.3, 0.4) is 0 Å². The van der Waals surface area contributed by atoms with E-state index in [9.17, 15) is 9.18 Å². The molecule has 3 aromatic rings. The van der Waals surface area contributed by atoms with Crippen LogP contribution < -0.4 is 5.32 Å². The second-order valence-electron chi connectivity index (χ2n) is 6.36. The lowest BCUT2D eigenvalue weighted by Crippen LogP contribution is -2.45. The fourth-order valence-corrected chi connectivity index (χ4v) is 3.34. The van der Waals surface area contributed by atoms with E-state index in [0.717, 1.165) is 36.0 Å². The molecule has 25 heavy (non-hydrogen) atoms. The zero-order valence-electron chi connectivity index (χ0n) is 13.7. The monoisotopic (exact) mass is 338 g/mol. The first-order chi connectivity index (χ1) is 12.2. The lowest BCUT2D eigenvalue weighted by Gasteiger charge is -2.33. The molecule has 0 unspecified atom stereocenters. The number of anilines is 1. The van der Waals surface area contributed by atoms with Gasteiger partial charge in [0.15, 0.2) is 5.69 Å². The number of aromatic nitrogens is 2. The van der Waals surface area contributed by atoms with E-state index in [1.807, 2.05) is 29.2 Å².